The third-order valence-corrected chi connectivity index (χ3v) is 3.32. The van der Waals surface area contributed by atoms with Gasteiger partial charge in [-0.15, -0.1) is 0 Å². The average molecular weight is 290 g/mol. The third kappa shape index (κ3) is 1.57. The molecule has 0 aliphatic carbocycles. The molecule has 108 valence electrons. The molecule has 0 radical (unpaired) electrons. The molecule has 7 heteroatoms. The predicted molar refractivity (Wildman–Crippen MR) is 73.1 cm³/mol. The van der Waals surface area contributed by atoms with Gasteiger partial charge < -0.3 is 29.9 Å². The first kappa shape index (κ1) is 12.9. The first-order chi connectivity index (χ1) is 9.82. The highest BCUT2D eigenvalue weighted by Crippen LogP contribution is 2.42. The normalized spacial score (nSPS) is 11.3. The lowest BCUT2D eigenvalue weighted by atomic mass is 10.1. The van der Waals surface area contributed by atoms with Gasteiger partial charge in [-0.05, 0) is 18.6 Å². The topological polar surface area (TPSA) is 131 Å². The Labute approximate surface area is 116 Å². The Morgan fingerprint density at radius 1 is 0.857 bits per heavy atom. The van der Waals surface area contributed by atoms with Crippen molar-refractivity contribution < 1.29 is 29.9 Å². The van der Waals surface area contributed by atoms with Crippen LogP contribution < -0.4 is 5.43 Å². The van der Waals surface area contributed by atoms with Gasteiger partial charge in [-0.2, -0.15) is 0 Å². The van der Waals surface area contributed by atoms with E-state index in [0.29, 0.717) is 5.56 Å². The van der Waals surface area contributed by atoms with Crippen LogP contribution in [-0.4, -0.2) is 25.5 Å². The van der Waals surface area contributed by atoms with Crippen LogP contribution in [0.4, 0.5) is 0 Å². The third-order valence-electron chi connectivity index (χ3n) is 3.32. The van der Waals surface area contributed by atoms with Crippen molar-refractivity contribution in [1.82, 2.24) is 0 Å². The number of fused-ring (bicyclic) bond motifs is 2. The fourth-order valence-electron chi connectivity index (χ4n) is 2.30. The van der Waals surface area contributed by atoms with Crippen LogP contribution in [0.15, 0.2) is 21.3 Å². The summed E-state index contributed by atoms with van der Waals surface area (Å²) in [6.07, 6.45) is 0. The quantitative estimate of drug-likeness (QED) is 0.315. The van der Waals surface area contributed by atoms with Crippen LogP contribution in [0.5, 0.6) is 28.7 Å². The molecule has 0 spiro atoms. The highest BCUT2D eigenvalue weighted by molar-refractivity contribution is 5.99. The number of aryl methyl sites for hydroxylation is 1. The minimum absolute atomic E-state index is 0.0433. The van der Waals surface area contributed by atoms with E-state index in [1.54, 1.807) is 0 Å². The number of benzene rings is 2. The molecule has 0 saturated carbocycles. The van der Waals surface area contributed by atoms with E-state index in [1.165, 1.54) is 13.0 Å². The van der Waals surface area contributed by atoms with Gasteiger partial charge in [0.05, 0.1) is 5.39 Å². The summed E-state index contributed by atoms with van der Waals surface area (Å²) in [5, 5.41) is 47.8. The molecule has 0 unspecified atom stereocenters. The van der Waals surface area contributed by atoms with Gasteiger partial charge in [-0.25, -0.2) is 0 Å². The van der Waals surface area contributed by atoms with Crippen molar-refractivity contribution in [2.45, 2.75) is 6.92 Å². The smallest absolute Gasteiger partial charge is 0.204 e. The molecule has 0 aliphatic rings. The molecule has 1 aromatic heterocycles. The number of hydrogen-bond donors (Lipinski definition) is 5. The van der Waals surface area contributed by atoms with Crippen molar-refractivity contribution in [2.24, 2.45) is 0 Å². The van der Waals surface area contributed by atoms with E-state index >= 15 is 0 Å². The molecule has 2 aromatic carbocycles. The lowest BCUT2D eigenvalue weighted by molar-refractivity contribution is 0.370. The average Bonchev–Trinajstić information content (AvgIpc) is 2.41. The van der Waals surface area contributed by atoms with E-state index in [4.69, 9.17) is 4.42 Å². The van der Waals surface area contributed by atoms with Gasteiger partial charge in [-0.1, -0.05) is 0 Å². The minimum atomic E-state index is -0.838. The van der Waals surface area contributed by atoms with E-state index < -0.39 is 34.2 Å². The molecule has 0 atom stereocenters. The Hall–Kier alpha value is -3.09. The van der Waals surface area contributed by atoms with Crippen LogP contribution in [0, 0.1) is 6.92 Å². The molecule has 3 rings (SSSR count). The fourth-order valence-corrected chi connectivity index (χ4v) is 2.30. The second-order valence-electron chi connectivity index (χ2n) is 4.66. The van der Waals surface area contributed by atoms with Crippen LogP contribution in [0.25, 0.3) is 21.9 Å². The summed E-state index contributed by atoms with van der Waals surface area (Å²) in [5.74, 6) is -3.42. The van der Waals surface area contributed by atoms with Crippen molar-refractivity contribution in [3.63, 3.8) is 0 Å². The van der Waals surface area contributed by atoms with Crippen molar-refractivity contribution in [3.05, 3.63) is 27.9 Å². The van der Waals surface area contributed by atoms with Crippen molar-refractivity contribution in [3.8, 4) is 28.7 Å². The van der Waals surface area contributed by atoms with Crippen molar-refractivity contribution >= 4 is 21.9 Å². The Morgan fingerprint density at radius 3 is 2.14 bits per heavy atom. The molecule has 0 bridgehead atoms. The van der Waals surface area contributed by atoms with Gasteiger partial charge >= 0.3 is 0 Å². The molecular weight excluding hydrogens is 280 g/mol. The fraction of sp³-hybridized carbons (Fsp3) is 0.0714. The van der Waals surface area contributed by atoms with Gasteiger partial charge in [0.1, 0.15) is 11.0 Å². The SMILES string of the molecule is Cc1cc(O)c(O)c2oc3cc(O)c(O)c(O)c3c(=O)c12. The lowest BCUT2D eigenvalue weighted by Crippen LogP contribution is -2.04. The molecule has 0 fully saturated rings. The molecule has 0 saturated heterocycles. The molecule has 5 N–H and O–H groups in total. The summed E-state index contributed by atoms with van der Waals surface area (Å²) >= 11 is 0. The van der Waals surface area contributed by atoms with E-state index in [1.807, 2.05) is 0 Å². The molecule has 3 aromatic rings. The van der Waals surface area contributed by atoms with Crippen LogP contribution in [0.1, 0.15) is 5.56 Å². The number of phenols is 5. The van der Waals surface area contributed by atoms with Gasteiger partial charge in [0.25, 0.3) is 0 Å². The van der Waals surface area contributed by atoms with Crippen LogP contribution >= 0.6 is 0 Å². The number of hydrogen-bond acceptors (Lipinski definition) is 7. The Kier molecular flexibility index (Phi) is 2.43. The van der Waals surface area contributed by atoms with Crippen LogP contribution in [0.3, 0.4) is 0 Å². The van der Waals surface area contributed by atoms with E-state index in [0.717, 1.165) is 6.07 Å². The summed E-state index contributed by atoms with van der Waals surface area (Å²) in [6.45, 7) is 1.52. The maximum Gasteiger partial charge on any atom is 0.204 e. The monoisotopic (exact) mass is 290 g/mol. The second-order valence-corrected chi connectivity index (χ2v) is 4.66. The number of phenolic OH excluding ortho intramolecular Hbond substituents is 5. The predicted octanol–water partition coefficient (Wildman–Crippen LogP) is 1.78. The highest BCUT2D eigenvalue weighted by Gasteiger charge is 2.21. The Bertz CT molecular complexity index is 962. The number of rotatable bonds is 0. The lowest BCUT2D eigenvalue weighted by Gasteiger charge is -2.09. The van der Waals surface area contributed by atoms with Crippen molar-refractivity contribution in [1.29, 1.82) is 0 Å². The molecule has 0 aliphatic heterocycles. The number of aromatic hydroxyl groups is 5. The molecule has 0 amide bonds. The first-order valence-corrected chi connectivity index (χ1v) is 5.89. The van der Waals surface area contributed by atoms with Gasteiger partial charge in [-0.3, -0.25) is 4.79 Å². The maximum atomic E-state index is 12.5. The minimum Gasteiger partial charge on any atom is -0.504 e. The zero-order chi connectivity index (χ0) is 15.5. The van der Waals surface area contributed by atoms with Crippen LogP contribution in [0.2, 0.25) is 0 Å². The van der Waals surface area contributed by atoms with Gasteiger partial charge in [0.2, 0.25) is 16.9 Å². The van der Waals surface area contributed by atoms with Crippen LogP contribution in [-0.2, 0) is 0 Å². The van der Waals surface area contributed by atoms with Gasteiger partial charge in [0.15, 0.2) is 22.8 Å². The zero-order valence-electron chi connectivity index (χ0n) is 10.7. The summed E-state index contributed by atoms with van der Waals surface area (Å²) < 4.78 is 5.30. The summed E-state index contributed by atoms with van der Waals surface area (Å²) in [7, 11) is 0. The largest absolute Gasteiger partial charge is 0.504 e. The van der Waals surface area contributed by atoms with Crippen molar-refractivity contribution in [2.75, 3.05) is 0 Å². The second kappa shape index (κ2) is 3.95. The summed E-state index contributed by atoms with van der Waals surface area (Å²) in [5.41, 5.74) is -0.884. The summed E-state index contributed by atoms with van der Waals surface area (Å²) in [4.78, 5) is 12.5. The van der Waals surface area contributed by atoms with E-state index in [2.05, 4.69) is 0 Å². The molecule has 7 nitrogen and oxygen atoms in total. The maximum absolute atomic E-state index is 12.5. The molecule has 21 heavy (non-hydrogen) atoms. The standard InChI is InChI=1S/C14H10O7/c1-4-2-5(15)11(18)14-8(4)12(19)9-7(21-14)3-6(16)10(17)13(9)20/h2-3,15-18,20H,1H3. The van der Waals surface area contributed by atoms with Gasteiger partial charge in [0, 0.05) is 6.07 Å². The molecular formula is C14H10O7. The Morgan fingerprint density at radius 2 is 1.48 bits per heavy atom. The summed E-state index contributed by atoms with van der Waals surface area (Å²) in [6, 6.07) is 2.11. The highest BCUT2D eigenvalue weighted by atomic mass is 16.4. The van der Waals surface area contributed by atoms with E-state index in [9.17, 15) is 30.3 Å². The van der Waals surface area contributed by atoms with E-state index in [-0.39, 0.29) is 21.9 Å². The zero-order valence-corrected chi connectivity index (χ0v) is 10.7. The first-order valence-electron chi connectivity index (χ1n) is 5.89. The Balaban J connectivity index is 2.69. The molecule has 1 heterocycles.